The van der Waals surface area contributed by atoms with Crippen molar-refractivity contribution in [3.63, 3.8) is 0 Å². The minimum atomic E-state index is -0.696. The van der Waals surface area contributed by atoms with E-state index in [-0.39, 0.29) is 5.91 Å². The maximum Gasteiger partial charge on any atom is 0.280 e. The number of rotatable bonds is 8. The fourth-order valence-corrected chi connectivity index (χ4v) is 3.23. The highest BCUT2D eigenvalue weighted by molar-refractivity contribution is 5.89. The van der Waals surface area contributed by atoms with E-state index in [1.54, 1.807) is 13.1 Å². The van der Waals surface area contributed by atoms with Crippen molar-refractivity contribution in [1.82, 2.24) is 5.43 Å². The zero-order chi connectivity index (χ0) is 22.2. The predicted octanol–water partition coefficient (Wildman–Crippen LogP) is 5.34. The van der Waals surface area contributed by atoms with E-state index in [0.717, 1.165) is 27.6 Å². The van der Waals surface area contributed by atoms with Crippen LogP contribution in [0.3, 0.4) is 0 Å². The molecule has 5 heteroatoms. The molecule has 5 nitrogen and oxygen atoms in total. The summed E-state index contributed by atoms with van der Waals surface area (Å²) in [6, 6.07) is 31.2. The second-order valence-electron chi connectivity index (χ2n) is 7.32. The second kappa shape index (κ2) is 10.3. The number of carbonyl (C=O) groups excluding carboxylic acids is 1. The quantitative estimate of drug-likeness (QED) is 0.307. The maximum absolute atomic E-state index is 12.4. The number of hydrogen-bond donors (Lipinski definition) is 1. The van der Waals surface area contributed by atoms with Gasteiger partial charge in [-0.3, -0.25) is 4.79 Å². The number of fused-ring (bicyclic) bond motifs is 1. The minimum absolute atomic E-state index is 0.328. The molecule has 0 aromatic heterocycles. The van der Waals surface area contributed by atoms with Crippen molar-refractivity contribution in [2.75, 3.05) is 0 Å². The standard InChI is InChI=1S/C27H24N2O3/c1-20(32-26-16-8-13-23-12-5-6-15-25(23)26)27(30)29-28-18-22-11-7-14-24(17-22)31-19-21-9-3-2-4-10-21/h2-18,20H,19H2,1H3,(H,29,30). The van der Waals surface area contributed by atoms with Gasteiger partial charge < -0.3 is 9.47 Å². The van der Waals surface area contributed by atoms with Gasteiger partial charge in [-0.15, -0.1) is 0 Å². The molecular formula is C27H24N2O3. The van der Waals surface area contributed by atoms with E-state index in [0.29, 0.717) is 12.4 Å². The predicted molar refractivity (Wildman–Crippen MR) is 127 cm³/mol. The molecule has 0 saturated heterocycles. The third kappa shape index (κ3) is 5.52. The number of amides is 1. The zero-order valence-electron chi connectivity index (χ0n) is 17.8. The number of nitrogens with zero attached hydrogens (tertiary/aromatic N) is 1. The summed E-state index contributed by atoms with van der Waals surface area (Å²) < 4.78 is 11.7. The molecule has 1 amide bonds. The molecule has 0 aliphatic heterocycles. The Hall–Kier alpha value is -4.12. The van der Waals surface area contributed by atoms with E-state index < -0.39 is 6.10 Å². The first kappa shape index (κ1) is 21.1. The van der Waals surface area contributed by atoms with Gasteiger partial charge in [0.2, 0.25) is 0 Å². The van der Waals surface area contributed by atoms with Crippen LogP contribution in [0.4, 0.5) is 0 Å². The molecule has 1 N–H and O–H groups in total. The average molecular weight is 425 g/mol. The maximum atomic E-state index is 12.4. The summed E-state index contributed by atoms with van der Waals surface area (Å²) in [5.74, 6) is 1.07. The number of benzene rings is 4. The molecule has 4 rings (SSSR count). The van der Waals surface area contributed by atoms with Gasteiger partial charge in [0.15, 0.2) is 6.10 Å². The van der Waals surface area contributed by atoms with Crippen LogP contribution in [0.5, 0.6) is 11.5 Å². The molecule has 1 unspecified atom stereocenters. The first-order valence-corrected chi connectivity index (χ1v) is 10.4. The van der Waals surface area contributed by atoms with Crippen LogP contribution in [0.15, 0.2) is 102 Å². The molecule has 0 bridgehead atoms. The van der Waals surface area contributed by atoms with Gasteiger partial charge in [0.05, 0.1) is 6.21 Å². The van der Waals surface area contributed by atoms with Gasteiger partial charge in [0.1, 0.15) is 18.1 Å². The smallest absolute Gasteiger partial charge is 0.280 e. The number of hydrazone groups is 1. The summed E-state index contributed by atoms with van der Waals surface area (Å²) >= 11 is 0. The van der Waals surface area contributed by atoms with Gasteiger partial charge in [-0.2, -0.15) is 5.10 Å². The van der Waals surface area contributed by atoms with E-state index in [1.165, 1.54) is 0 Å². The van der Waals surface area contributed by atoms with E-state index in [4.69, 9.17) is 9.47 Å². The van der Waals surface area contributed by atoms with E-state index in [9.17, 15) is 4.79 Å². The third-order valence-electron chi connectivity index (χ3n) is 4.92. The molecule has 0 heterocycles. The summed E-state index contributed by atoms with van der Waals surface area (Å²) in [5, 5.41) is 6.09. The van der Waals surface area contributed by atoms with Gasteiger partial charge in [-0.05, 0) is 41.6 Å². The topological polar surface area (TPSA) is 59.9 Å². The van der Waals surface area contributed by atoms with Crippen molar-refractivity contribution in [1.29, 1.82) is 0 Å². The molecule has 0 spiro atoms. The SMILES string of the molecule is CC(Oc1cccc2ccccc12)C(=O)NN=Cc1cccc(OCc2ccccc2)c1. The minimum Gasteiger partial charge on any atom is -0.489 e. The van der Waals surface area contributed by atoms with Gasteiger partial charge in [-0.1, -0.05) is 78.9 Å². The molecule has 0 radical (unpaired) electrons. The summed E-state index contributed by atoms with van der Waals surface area (Å²) in [4.78, 5) is 12.4. The van der Waals surface area contributed by atoms with Crippen LogP contribution in [-0.4, -0.2) is 18.2 Å². The first-order chi connectivity index (χ1) is 15.7. The highest BCUT2D eigenvalue weighted by atomic mass is 16.5. The van der Waals surface area contributed by atoms with Crippen molar-refractivity contribution in [2.45, 2.75) is 19.6 Å². The third-order valence-corrected chi connectivity index (χ3v) is 4.92. The molecular weight excluding hydrogens is 400 g/mol. The number of nitrogens with one attached hydrogen (secondary N) is 1. The molecule has 160 valence electrons. The van der Waals surface area contributed by atoms with Gasteiger partial charge in [-0.25, -0.2) is 5.43 Å². The Bertz CT molecular complexity index is 1220. The van der Waals surface area contributed by atoms with Crippen LogP contribution in [0.1, 0.15) is 18.1 Å². The summed E-state index contributed by atoms with van der Waals surface area (Å²) in [5.41, 5.74) is 4.46. The molecule has 0 saturated carbocycles. The number of hydrogen-bond acceptors (Lipinski definition) is 4. The lowest BCUT2D eigenvalue weighted by atomic mass is 10.1. The van der Waals surface area contributed by atoms with Crippen molar-refractivity contribution in [3.05, 3.63) is 108 Å². The molecule has 1 atom stereocenters. The van der Waals surface area contributed by atoms with Gasteiger partial charge in [0.25, 0.3) is 5.91 Å². The van der Waals surface area contributed by atoms with Crippen molar-refractivity contribution in [3.8, 4) is 11.5 Å². The highest BCUT2D eigenvalue weighted by Crippen LogP contribution is 2.26. The van der Waals surface area contributed by atoms with Gasteiger partial charge in [0, 0.05) is 5.39 Å². The molecule has 4 aromatic carbocycles. The summed E-state index contributed by atoms with van der Waals surface area (Å²) in [7, 11) is 0. The van der Waals surface area contributed by atoms with E-state index in [1.807, 2.05) is 97.1 Å². The molecule has 4 aromatic rings. The molecule has 0 fully saturated rings. The summed E-state index contributed by atoms with van der Waals surface area (Å²) in [6.45, 7) is 2.19. The van der Waals surface area contributed by atoms with Gasteiger partial charge >= 0.3 is 0 Å². The first-order valence-electron chi connectivity index (χ1n) is 10.4. The normalized spacial score (nSPS) is 11.9. The van der Waals surface area contributed by atoms with Crippen molar-refractivity contribution in [2.24, 2.45) is 5.10 Å². The van der Waals surface area contributed by atoms with Crippen LogP contribution >= 0.6 is 0 Å². The highest BCUT2D eigenvalue weighted by Gasteiger charge is 2.15. The van der Waals surface area contributed by atoms with Crippen LogP contribution in [0.25, 0.3) is 10.8 Å². The Balaban J connectivity index is 1.32. The Morgan fingerprint density at radius 2 is 1.69 bits per heavy atom. The van der Waals surface area contributed by atoms with Crippen LogP contribution < -0.4 is 14.9 Å². The fraction of sp³-hybridized carbons (Fsp3) is 0.111. The van der Waals surface area contributed by atoms with Crippen molar-refractivity contribution < 1.29 is 14.3 Å². The number of ether oxygens (including phenoxy) is 2. The average Bonchev–Trinajstić information content (AvgIpc) is 2.84. The molecule has 0 aliphatic carbocycles. The largest absolute Gasteiger partial charge is 0.489 e. The second-order valence-corrected chi connectivity index (χ2v) is 7.32. The Morgan fingerprint density at radius 1 is 0.938 bits per heavy atom. The van der Waals surface area contributed by atoms with Crippen molar-refractivity contribution >= 4 is 22.9 Å². The fourth-order valence-electron chi connectivity index (χ4n) is 3.23. The zero-order valence-corrected chi connectivity index (χ0v) is 17.8. The Labute approximate surface area is 187 Å². The van der Waals surface area contributed by atoms with Crippen LogP contribution in [-0.2, 0) is 11.4 Å². The Morgan fingerprint density at radius 3 is 2.56 bits per heavy atom. The Kier molecular flexibility index (Phi) is 6.78. The van der Waals surface area contributed by atoms with E-state index >= 15 is 0 Å². The number of carbonyl (C=O) groups is 1. The monoisotopic (exact) mass is 424 g/mol. The molecule has 0 aliphatic rings. The lowest BCUT2D eigenvalue weighted by Gasteiger charge is -2.14. The lowest BCUT2D eigenvalue weighted by molar-refractivity contribution is -0.127. The lowest BCUT2D eigenvalue weighted by Crippen LogP contribution is -2.33. The van der Waals surface area contributed by atoms with E-state index in [2.05, 4.69) is 10.5 Å². The van der Waals surface area contributed by atoms with Crippen LogP contribution in [0, 0.1) is 0 Å². The molecule has 32 heavy (non-hydrogen) atoms. The summed E-state index contributed by atoms with van der Waals surface area (Å²) in [6.07, 6.45) is 0.885. The van der Waals surface area contributed by atoms with Crippen LogP contribution in [0.2, 0.25) is 0 Å².